The van der Waals surface area contributed by atoms with E-state index in [1.807, 2.05) is 0 Å². The fourth-order valence-corrected chi connectivity index (χ4v) is 0.600. The summed E-state index contributed by atoms with van der Waals surface area (Å²) in [6.45, 7) is 5.00. The molecular formula is C10H20O6. The minimum atomic E-state index is -0.977. The lowest BCUT2D eigenvalue weighted by Gasteiger charge is -2.10. The van der Waals surface area contributed by atoms with Crippen LogP contribution in [0.15, 0.2) is 0 Å². The molecule has 1 atom stereocenters. The molecule has 0 bridgehead atoms. The molecule has 0 aliphatic carbocycles. The van der Waals surface area contributed by atoms with Crippen molar-refractivity contribution in [3.8, 4) is 0 Å². The van der Waals surface area contributed by atoms with Gasteiger partial charge < -0.3 is 19.7 Å². The number of rotatable bonds is 4. The van der Waals surface area contributed by atoms with Gasteiger partial charge in [-0.15, -0.1) is 0 Å². The quantitative estimate of drug-likeness (QED) is 0.652. The first-order valence-corrected chi connectivity index (χ1v) is 4.93. The first-order chi connectivity index (χ1) is 7.40. The molecule has 0 fully saturated rings. The molecule has 2 N–H and O–H groups in total. The van der Waals surface area contributed by atoms with Crippen LogP contribution in [-0.4, -0.2) is 48.6 Å². The lowest BCUT2D eigenvalue weighted by Crippen LogP contribution is -2.26. The van der Waals surface area contributed by atoms with Gasteiger partial charge in [-0.2, -0.15) is 0 Å². The third-order valence-corrected chi connectivity index (χ3v) is 1.51. The zero-order valence-electron chi connectivity index (χ0n) is 10.1. The molecule has 0 aromatic rings. The molecule has 6 nitrogen and oxygen atoms in total. The Morgan fingerprint density at radius 2 is 1.81 bits per heavy atom. The maximum Gasteiger partial charge on any atom is 0.334 e. The van der Waals surface area contributed by atoms with E-state index in [0.29, 0.717) is 6.61 Å². The molecule has 0 aromatic carbocycles. The molecule has 1 unspecified atom stereocenters. The summed E-state index contributed by atoms with van der Waals surface area (Å²) in [6, 6.07) is 0. The average Bonchev–Trinajstić information content (AvgIpc) is 2.27. The predicted octanol–water partition coefficient (Wildman–Crippen LogP) is -0.282. The lowest BCUT2D eigenvalue weighted by atomic mass is 10.1. The van der Waals surface area contributed by atoms with E-state index in [9.17, 15) is 9.59 Å². The first-order valence-electron chi connectivity index (χ1n) is 4.93. The van der Waals surface area contributed by atoms with Crippen molar-refractivity contribution < 1.29 is 29.3 Å². The topological polar surface area (TPSA) is 93.1 Å². The van der Waals surface area contributed by atoms with Gasteiger partial charge in [0.15, 0.2) is 6.10 Å². The van der Waals surface area contributed by atoms with Crippen LogP contribution in [0.2, 0.25) is 0 Å². The van der Waals surface area contributed by atoms with Crippen LogP contribution < -0.4 is 0 Å². The van der Waals surface area contributed by atoms with Gasteiger partial charge in [0, 0.05) is 0 Å². The van der Waals surface area contributed by atoms with Crippen molar-refractivity contribution in [3.63, 3.8) is 0 Å². The van der Waals surface area contributed by atoms with Crippen molar-refractivity contribution in [3.05, 3.63) is 0 Å². The Labute approximate surface area is 95.2 Å². The third kappa shape index (κ3) is 9.42. The second-order valence-corrected chi connectivity index (χ2v) is 3.18. The van der Waals surface area contributed by atoms with Crippen molar-refractivity contribution in [2.24, 2.45) is 5.92 Å². The van der Waals surface area contributed by atoms with Gasteiger partial charge in [-0.3, -0.25) is 0 Å². The summed E-state index contributed by atoms with van der Waals surface area (Å²) in [5.41, 5.74) is 0. The normalized spacial score (nSPS) is 11.2. The maximum absolute atomic E-state index is 10.5. The molecule has 96 valence electrons. The Morgan fingerprint density at radius 1 is 1.31 bits per heavy atom. The van der Waals surface area contributed by atoms with E-state index >= 15 is 0 Å². The van der Waals surface area contributed by atoms with Crippen molar-refractivity contribution in [1.82, 2.24) is 0 Å². The van der Waals surface area contributed by atoms with Gasteiger partial charge in [0.25, 0.3) is 0 Å². The molecule has 0 aromatic heterocycles. The molecule has 6 heteroatoms. The Hall–Kier alpha value is -1.14. The Kier molecular flexibility index (Phi) is 11.2. The van der Waals surface area contributed by atoms with Crippen LogP contribution in [0, 0.1) is 5.92 Å². The molecule has 0 aliphatic rings. The molecule has 0 amide bonds. The fraction of sp³-hybridized carbons (Fsp3) is 0.800. The Balaban J connectivity index is 0. The smallest absolute Gasteiger partial charge is 0.334 e. The molecule has 0 rings (SSSR count). The number of hydrogen-bond acceptors (Lipinski definition) is 6. The van der Waals surface area contributed by atoms with Crippen molar-refractivity contribution in [2.75, 3.05) is 20.3 Å². The fourth-order valence-electron chi connectivity index (χ4n) is 0.600. The van der Waals surface area contributed by atoms with Gasteiger partial charge in [0.1, 0.15) is 6.61 Å². The van der Waals surface area contributed by atoms with Crippen LogP contribution >= 0.6 is 0 Å². The highest BCUT2D eigenvalue weighted by Crippen LogP contribution is 2.01. The molecule has 0 heterocycles. The second-order valence-electron chi connectivity index (χ2n) is 3.18. The van der Waals surface area contributed by atoms with E-state index in [-0.39, 0.29) is 5.92 Å². The highest BCUT2D eigenvalue weighted by atomic mass is 16.5. The minimum absolute atomic E-state index is 0.0718. The van der Waals surface area contributed by atoms with Crippen LogP contribution in [-0.2, 0) is 19.1 Å². The number of ether oxygens (including phenoxy) is 2. The van der Waals surface area contributed by atoms with Crippen LogP contribution in [0.1, 0.15) is 20.8 Å². The molecule has 0 spiro atoms. The van der Waals surface area contributed by atoms with Gasteiger partial charge in [-0.05, 0) is 12.8 Å². The van der Waals surface area contributed by atoms with Gasteiger partial charge >= 0.3 is 11.9 Å². The SMILES string of the molecule is CCOC(=O)CO.COC(=O)C(O)C(C)C. The minimum Gasteiger partial charge on any atom is -0.467 e. The van der Waals surface area contributed by atoms with E-state index in [2.05, 4.69) is 9.47 Å². The van der Waals surface area contributed by atoms with E-state index in [0.717, 1.165) is 0 Å². The summed E-state index contributed by atoms with van der Waals surface area (Å²) < 4.78 is 8.59. The van der Waals surface area contributed by atoms with E-state index in [1.165, 1.54) is 7.11 Å². The monoisotopic (exact) mass is 236 g/mol. The summed E-state index contributed by atoms with van der Waals surface area (Å²) >= 11 is 0. The molecule has 0 saturated carbocycles. The predicted molar refractivity (Wildman–Crippen MR) is 56.6 cm³/mol. The standard InChI is InChI=1S/C6H12O3.C4H8O3/c1-4(2)5(7)6(8)9-3;1-2-7-4(6)3-5/h4-5,7H,1-3H3;5H,2-3H2,1H3. The highest BCUT2D eigenvalue weighted by Gasteiger charge is 2.18. The third-order valence-electron chi connectivity index (χ3n) is 1.51. The number of methoxy groups -OCH3 is 1. The molecule has 0 saturated heterocycles. The van der Waals surface area contributed by atoms with Crippen LogP contribution in [0.3, 0.4) is 0 Å². The highest BCUT2D eigenvalue weighted by molar-refractivity contribution is 5.74. The zero-order chi connectivity index (χ0) is 13.1. The van der Waals surface area contributed by atoms with Crippen molar-refractivity contribution in [2.45, 2.75) is 26.9 Å². The summed E-state index contributed by atoms with van der Waals surface area (Å²) in [5, 5.41) is 16.9. The molecular weight excluding hydrogens is 216 g/mol. The van der Waals surface area contributed by atoms with Gasteiger partial charge in [-0.25, -0.2) is 9.59 Å². The Bertz CT molecular complexity index is 201. The number of aliphatic hydroxyl groups is 2. The average molecular weight is 236 g/mol. The first kappa shape index (κ1) is 17.3. The van der Waals surface area contributed by atoms with Crippen LogP contribution in [0.4, 0.5) is 0 Å². The molecule has 0 radical (unpaired) electrons. The van der Waals surface area contributed by atoms with Gasteiger partial charge in [-0.1, -0.05) is 13.8 Å². The summed E-state index contributed by atoms with van der Waals surface area (Å²) in [5.74, 6) is -1.20. The second kappa shape index (κ2) is 10.4. The lowest BCUT2D eigenvalue weighted by molar-refractivity contribution is -0.152. The van der Waals surface area contributed by atoms with Crippen molar-refractivity contribution >= 4 is 11.9 Å². The Morgan fingerprint density at radius 3 is 1.94 bits per heavy atom. The van der Waals surface area contributed by atoms with Crippen molar-refractivity contribution in [1.29, 1.82) is 0 Å². The molecule has 0 aliphatic heterocycles. The van der Waals surface area contributed by atoms with Crippen LogP contribution in [0.5, 0.6) is 0 Å². The largest absolute Gasteiger partial charge is 0.467 e. The number of carbonyl (C=O) groups is 2. The van der Waals surface area contributed by atoms with E-state index < -0.39 is 24.6 Å². The maximum atomic E-state index is 10.5. The number of hydrogen-bond donors (Lipinski definition) is 2. The van der Waals surface area contributed by atoms with E-state index in [4.69, 9.17) is 10.2 Å². The number of esters is 2. The summed E-state index contributed by atoms with van der Waals surface area (Å²) in [7, 11) is 1.26. The summed E-state index contributed by atoms with van der Waals surface area (Å²) in [4.78, 5) is 20.4. The van der Waals surface area contributed by atoms with E-state index in [1.54, 1.807) is 20.8 Å². The zero-order valence-corrected chi connectivity index (χ0v) is 10.1. The van der Waals surface area contributed by atoms with Crippen LogP contribution in [0.25, 0.3) is 0 Å². The molecule has 16 heavy (non-hydrogen) atoms. The summed E-state index contributed by atoms with van der Waals surface area (Å²) in [6.07, 6.45) is -0.977. The number of carbonyl (C=O) groups excluding carboxylic acids is 2. The van der Waals surface area contributed by atoms with Gasteiger partial charge in [0.05, 0.1) is 13.7 Å². The number of aliphatic hydroxyl groups excluding tert-OH is 2. The van der Waals surface area contributed by atoms with Gasteiger partial charge in [0.2, 0.25) is 0 Å².